The van der Waals surface area contributed by atoms with Crippen LogP contribution in [0.5, 0.6) is 0 Å². The number of thiophene rings is 1. The van der Waals surface area contributed by atoms with E-state index in [4.69, 9.17) is 10.5 Å². The van der Waals surface area contributed by atoms with E-state index >= 15 is 0 Å². The minimum absolute atomic E-state index is 0.112. The van der Waals surface area contributed by atoms with E-state index in [0.29, 0.717) is 28.6 Å². The smallest absolute Gasteiger partial charge is 0.272 e. The van der Waals surface area contributed by atoms with Gasteiger partial charge in [0.2, 0.25) is 0 Å². The summed E-state index contributed by atoms with van der Waals surface area (Å²) >= 11 is 1.58. The molecule has 3 N–H and O–H groups in total. The highest BCUT2D eigenvalue weighted by molar-refractivity contribution is 7.22. The van der Waals surface area contributed by atoms with E-state index in [1.54, 1.807) is 16.0 Å². The Morgan fingerprint density at radius 2 is 2.09 bits per heavy atom. The molecular formula is C25H20N6O2S. The molecule has 0 amide bonds. The second kappa shape index (κ2) is 7.88. The van der Waals surface area contributed by atoms with Crippen molar-refractivity contribution >= 4 is 32.2 Å². The fourth-order valence-corrected chi connectivity index (χ4v) is 5.89. The number of nitriles is 1. The summed E-state index contributed by atoms with van der Waals surface area (Å²) in [6, 6.07) is 14.2. The third-order valence-electron chi connectivity index (χ3n) is 6.43. The summed E-state index contributed by atoms with van der Waals surface area (Å²) in [5.74, 6) is 0. The van der Waals surface area contributed by atoms with Crippen molar-refractivity contribution in [2.75, 3.05) is 6.61 Å². The molecule has 2 aromatic carbocycles. The molecule has 1 atom stereocenters. The lowest BCUT2D eigenvalue weighted by molar-refractivity contribution is -0.0522. The molecule has 0 saturated carbocycles. The van der Waals surface area contributed by atoms with Gasteiger partial charge in [-0.3, -0.25) is 9.48 Å². The predicted octanol–water partition coefficient (Wildman–Crippen LogP) is 4.00. The molecule has 0 bridgehead atoms. The highest BCUT2D eigenvalue weighted by Gasteiger charge is 2.28. The third kappa shape index (κ3) is 3.00. The van der Waals surface area contributed by atoms with Crippen LogP contribution >= 0.6 is 11.3 Å². The van der Waals surface area contributed by atoms with Crippen molar-refractivity contribution in [2.24, 2.45) is 12.8 Å². The molecule has 34 heavy (non-hydrogen) atoms. The minimum Gasteiger partial charge on any atom is -0.373 e. The fourth-order valence-electron chi connectivity index (χ4n) is 4.65. The number of hydrogen-bond donors (Lipinski definition) is 2. The highest BCUT2D eigenvalue weighted by atomic mass is 32.1. The van der Waals surface area contributed by atoms with E-state index < -0.39 is 0 Å². The van der Waals surface area contributed by atoms with Crippen LogP contribution in [0.3, 0.4) is 0 Å². The topological polar surface area (TPSA) is 123 Å². The van der Waals surface area contributed by atoms with Crippen LogP contribution in [-0.4, -0.2) is 26.6 Å². The molecule has 168 valence electrons. The van der Waals surface area contributed by atoms with Crippen molar-refractivity contribution < 1.29 is 4.74 Å². The summed E-state index contributed by atoms with van der Waals surface area (Å²) < 4.78 is 8.69. The van der Waals surface area contributed by atoms with Gasteiger partial charge in [0.25, 0.3) is 5.56 Å². The second-order valence-corrected chi connectivity index (χ2v) is 9.33. The number of aromatic amines is 1. The Kier molecular flexibility index (Phi) is 4.81. The first-order valence-corrected chi connectivity index (χ1v) is 11.7. The van der Waals surface area contributed by atoms with Gasteiger partial charge in [0.05, 0.1) is 46.1 Å². The van der Waals surface area contributed by atoms with E-state index in [-0.39, 0.29) is 18.2 Å². The molecule has 0 radical (unpaired) electrons. The van der Waals surface area contributed by atoms with E-state index in [9.17, 15) is 10.1 Å². The minimum atomic E-state index is -0.262. The lowest BCUT2D eigenvalue weighted by Crippen LogP contribution is -2.20. The average Bonchev–Trinajstić information content (AvgIpc) is 3.37. The standard InChI is InChI=1S/C25H20N6O2S/c1-31-23(24-18(10-26)13-4-2-3-5-22(13)34-24)19(12-28-31)14-8-15-17(9-16(14)21-6-7-33-21)25(32)30-29-20(15)11-27/h2-5,8-9,12,21H,6-7,11,27H2,1H3,(H,30,32)/t21-/m1/s1. The van der Waals surface area contributed by atoms with Crippen LogP contribution in [0, 0.1) is 11.3 Å². The maximum absolute atomic E-state index is 12.6. The zero-order valence-electron chi connectivity index (χ0n) is 18.3. The Morgan fingerprint density at radius 3 is 2.82 bits per heavy atom. The largest absolute Gasteiger partial charge is 0.373 e. The van der Waals surface area contributed by atoms with Crippen LogP contribution in [0.1, 0.15) is 29.3 Å². The number of rotatable bonds is 4. The lowest BCUT2D eigenvalue weighted by Gasteiger charge is -2.29. The summed E-state index contributed by atoms with van der Waals surface area (Å²) in [5.41, 5.74) is 10.5. The van der Waals surface area contributed by atoms with Gasteiger partial charge < -0.3 is 10.5 Å². The van der Waals surface area contributed by atoms with Gasteiger partial charge in [-0.2, -0.15) is 15.5 Å². The van der Waals surface area contributed by atoms with Gasteiger partial charge in [-0.25, -0.2) is 5.10 Å². The number of nitrogens with zero attached hydrogens (tertiary/aromatic N) is 4. The fraction of sp³-hybridized carbons (Fsp3) is 0.200. The molecule has 0 unspecified atom stereocenters. The predicted molar refractivity (Wildman–Crippen MR) is 131 cm³/mol. The zero-order valence-corrected chi connectivity index (χ0v) is 19.1. The number of benzene rings is 2. The number of ether oxygens (including phenoxy) is 1. The first-order valence-electron chi connectivity index (χ1n) is 10.9. The van der Waals surface area contributed by atoms with E-state index in [2.05, 4.69) is 21.4 Å². The Hall–Kier alpha value is -3.84. The number of hydrogen-bond acceptors (Lipinski definition) is 7. The molecule has 0 aliphatic carbocycles. The number of H-pyrrole nitrogens is 1. The summed E-state index contributed by atoms with van der Waals surface area (Å²) in [6.07, 6.45) is 2.57. The van der Waals surface area contributed by atoms with Crippen LogP contribution in [0.2, 0.25) is 0 Å². The molecular weight excluding hydrogens is 448 g/mol. The Morgan fingerprint density at radius 1 is 1.26 bits per heavy atom. The van der Waals surface area contributed by atoms with E-state index in [1.165, 1.54) is 0 Å². The molecule has 3 aromatic heterocycles. The molecule has 0 spiro atoms. The van der Waals surface area contributed by atoms with Crippen molar-refractivity contribution in [1.29, 1.82) is 5.26 Å². The maximum atomic E-state index is 12.6. The van der Waals surface area contributed by atoms with E-state index in [0.717, 1.165) is 43.8 Å². The number of aryl methyl sites for hydroxylation is 1. The molecule has 5 aromatic rings. The van der Waals surface area contributed by atoms with Crippen LogP contribution < -0.4 is 11.3 Å². The summed E-state index contributed by atoms with van der Waals surface area (Å²) in [5, 5.41) is 23.5. The SMILES string of the molecule is Cn1ncc(-c2cc3c(CN)n[nH]c(=O)c3cc2[C@H]2CCO2)c1-c1sc2ccccc2c1C#N. The maximum Gasteiger partial charge on any atom is 0.272 e. The molecule has 1 aliphatic heterocycles. The van der Waals surface area contributed by atoms with Crippen LogP contribution in [0.15, 0.2) is 47.4 Å². The van der Waals surface area contributed by atoms with Crippen molar-refractivity contribution in [3.63, 3.8) is 0 Å². The molecule has 9 heteroatoms. The van der Waals surface area contributed by atoms with Crippen LogP contribution in [-0.2, 0) is 18.3 Å². The molecule has 8 nitrogen and oxygen atoms in total. The van der Waals surface area contributed by atoms with Crippen molar-refractivity contribution in [1.82, 2.24) is 20.0 Å². The molecule has 6 rings (SSSR count). The van der Waals surface area contributed by atoms with Crippen LogP contribution in [0.25, 0.3) is 42.6 Å². The molecule has 1 fully saturated rings. The number of fused-ring (bicyclic) bond motifs is 2. The highest BCUT2D eigenvalue weighted by Crippen LogP contribution is 2.45. The molecule has 1 saturated heterocycles. The third-order valence-corrected chi connectivity index (χ3v) is 7.61. The molecule has 1 aliphatic rings. The Bertz CT molecular complexity index is 1690. The van der Waals surface area contributed by atoms with Gasteiger partial charge in [0.15, 0.2) is 0 Å². The van der Waals surface area contributed by atoms with Gasteiger partial charge >= 0.3 is 0 Å². The van der Waals surface area contributed by atoms with Gasteiger partial charge in [-0.1, -0.05) is 18.2 Å². The Labute approximate surface area is 198 Å². The second-order valence-electron chi connectivity index (χ2n) is 8.28. The summed E-state index contributed by atoms with van der Waals surface area (Å²) in [6.45, 7) is 0.873. The van der Waals surface area contributed by atoms with Crippen molar-refractivity contribution in [3.05, 3.63) is 69.8 Å². The van der Waals surface area contributed by atoms with Gasteiger partial charge in [0, 0.05) is 41.0 Å². The summed E-state index contributed by atoms with van der Waals surface area (Å²) in [4.78, 5) is 13.5. The van der Waals surface area contributed by atoms with Gasteiger partial charge in [-0.15, -0.1) is 11.3 Å². The number of aromatic nitrogens is 4. The van der Waals surface area contributed by atoms with Gasteiger partial charge in [0.1, 0.15) is 6.07 Å². The molecule has 4 heterocycles. The van der Waals surface area contributed by atoms with E-state index in [1.807, 2.05) is 49.6 Å². The van der Waals surface area contributed by atoms with Crippen molar-refractivity contribution in [3.8, 4) is 27.8 Å². The number of nitrogens with one attached hydrogen (secondary N) is 1. The zero-order chi connectivity index (χ0) is 23.4. The number of nitrogens with two attached hydrogens (primary N) is 1. The van der Waals surface area contributed by atoms with Gasteiger partial charge in [-0.05, 0) is 29.3 Å². The van der Waals surface area contributed by atoms with Crippen molar-refractivity contribution in [2.45, 2.75) is 19.1 Å². The average molecular weight is 469 g/mol. The lowest BCUT2D eigenvalue weighted by atomic mass is 9.90. The summed E-state index contributed by atoms with van der Waals surface area (Å²) in [7, 11) is 1.88. The monoisotopic (exact) mass is 468 g/mol. The first-order chi connectivity index (χ1) is 16.6. The Balaban J connectivity index is 1.68. The van der Waals surface area contributed by atoms with Crippen LogP contribution in [0.4, 0.5) is 0 Å². The quantitative estimate of drug-likeness (QED) is 0.411. The normalized spacial score (nSPS) is 15.5. The first kappa shape index (κ1) is 20.7.